The Morgan fingerprint density at radius 3 is 2.35 bits per heavy atom. The van der Waals surface area contributed by atoms with Gasteiger partial charge >= 0.3 is 12.1 Å². The maximum atomic E-state index is 13.1. The van der Waals surface area contributed by atoms with Crippen molar-refractivity contribution in [2.24, 2.45) is 0 Å². The van der Waals surface area contributed by atoms with Gasteiger partial charge in [0.2, 0.25) is 0 Å². The monoisotopic (exact) mass is 523 g/mol. The Kier molecular flexibility index (Phi) is 9.22. The van der Waals surface area contributed by atoms with Gasteiger partial charge in [-0.05, 0) is 74.2 Å². The second kappa shape index (κ2) is 12.2. The average molecular weight is 524 g/mol. The van der Waals surface area contributed by atoms with Crippen LogP contribution in [0.25, 0.3) is 16.8 Å². The summed E-state index contributed by atoms with van der Waals surface area (Å²) >= 11 is 6.04. The molecular formula is C30H34ClNO5. The molecule has 1 heterocycles. The van der Waals surface area contributed by atoms with Crippen molar-refractivity contribution in [2.75, 3.05) is 13.2 Å². The highest BCUT2D eigenvalue weighted by molar-refractivity contribution is 6.30. The van der Waals surface area contributed by atoms with E-state index in [4.69, 9.17) is 16.3 Å². The second-order valence-corrected chi connectivity index (χ2v) is 10.2. The third kappa shape index (κ3) is 7.49. The molecule has 1 N–H and O–H groups in total. The van der Waals surface area contributed by atoms with Crippen molar-refractivity contribution in [1.82, 2.24) is 4.90 Å². The van der Waals surface area contributed by atoms with Crippen molar-refractivity contribution in [2.45, 2.75) is 52.7 Å². The number of likely N-dealkylation sites (tertiary alicyclic amines) is 1. The van der Waals surface area contributed by atoms with Crippen LogP contribution < -0.4 is 0 Å². The van der Waals surface area contributed by atoms with E-state index in [0.717, 1.165) is 27.5 Å². The van der Waals surface area contributed by atoms with E-state index in [-0.39, 0.29) is 17.8 Å². The summed E-state index contributed by atoms with van der Waals surface area (Å²) in [7, 11) is 0. The van der Waals surface area contributed by atoms with Gasteiger partial charge in [-0.2, -0.15) is 0 Å². The van der Waals surface area contributed by atoms with E-state index in [0.29, 0.717) is 24.6 Å². The SMILES string of the molecule is CC(C)(C)OC(=O)N1CC/C(=C\c2ccc(Cl)cc2)[C@@H]1c1c(O)ccc2ccccc12.CCOC(C)=O. The highest BCUT2D eigenvalue weighted by Crippen LogP contribution is 2.45. The number of esters is 1. The minimum absolute atomic E-state index is 0.168. The van der Waals surface area contributed by atoms with Crippen LogP contribution in [0.2, 0.25) is 5.02 Å². The lowest BCUT2D eigenvalue weighted by atomic mass is 9.92. The molecule has 37 heavy (non-hydrogen) atoms. The van der Waals surface area contributed by atoms with E-state index in [2.05, 4.69) is 10.8 Å². The summed E-state index contributed by atoms with van der Waals surface area (Å²) in [6, 6.07) is 18.7. The Morgan fingerprint density at radius 2 is 1.76 bits per heavy atom. The van der Waals surface area contributed by atoms with Gasteiger partial charge < -0.3 is 14.6 Å². The number of amides is 1. The summed E-state index contributed by atoms with van der Waals surface area (Å²) in [6.45, 7) is 9.74. The van der Waals surface area contributed by atoms with E-state index in [1.807, 2.05) is 75.4 Å². The molecule has 0 spiro atoms. The molecule has 0 radical (unpaired) electrons. The quantitative estimate of drug-likeness (QED) is 0.359. The van der Waals surface area contributed by atoms with Gasteiger partial charge in [0.1, 0.15) is 11.4 Å². The molecule has 196 valence electrons. The van der Waals surface area contributed by atoms with Crippen molar-refractivity contribution >= 4 is 40.5 Å². The van der Waals surface area contributed by atoms with Gasteiger partial charge in [-0.25, -0.2) is 4.79 Å². The molecule has 1 fully saturated rings. The molecule has 0 unspecified atom stereocenters. The lowest BCUT2D eigenvalue weighted by Gasteiger charge is -2.30. The van der Waals surface area contributed by atoms with E-state index < -0.39 is 11.6 Å². The Labute approximate surface area is 223 Å². The van der Waals surface area contributed by atoms with Gasteiger partial charge in [-0.1, -0.05) is 60.1 Å². The Balaban J connectivity index is 0.000000568. The summed E-state index contributed by atoms with van der Waals surface area (Å²) in [5.41, 5.74) is 2.15. The van der Waals surface area contributed by atoms with E-state index in [9.17, 15) is 14.7 Å². The average Bonchev–Trinajstić information content (AvgIpc) is 3.23. The summed E-state index contributed by atoms with van der Waals surface area (Å²) in [6.07, 6.45) is 2.38. The van der Waals surface area contributed by atoms with E-state index in [1.54, 1.807) is 17.9 Å². The van der Waals surface area contributed by atoms with Crippen LogP contribution in [0.1, 0.15) is 58.2 Å². The normalized spacial score (nSPS) is 16.3. The number of carbonyl (C=O) groups is 2. The lowest BCUT2D eigenvalue weighted by Crippen LogP contribution is -2.36. The Bertz CT molecular complexity index is 1280. The molecule has 7 heteroatoms. The Hall–Kier alpha value is -3.51. The van der Waals surface area contributed by atoms with Gasteiger partial charge in [0.25, 0.3) is 0 Å². The zero-order valence-electron chi connectivity index (χ0n) is 22.0. The number of aromatic hydroxyl groups is 1. The maximum Gasteiger partial charge on any atom is 0.411 e. The molecule has 1 aliphatic rings. The lowest BCUT2D eigenvalue weighted by molar-refractivity contribution is -0.140. The summed E-state index contributed by atoms with van der Waals surface area (Å²) in [5.74, 6) is -0.0429. The van der Waals surface area contributed by atoms with Crippen molar-refractivity contribution in [3.8, 4) is 5.75 Å². The van der Waals surface area contributed by atoms with Crippen LogP contribution in [0.4, 0.5) is 4.79 Å². The number of fused-ring (bicyclic) bond motifs is 1. The van der Waals surface area contributed by atoms with Crippen LogP contribution in [0, 0.1) is 0 Å². The van der Waals surface area contributed by atoms with Crippen LogP contribution in [-0.2, 0) is 14.3 Å². The molecule has 3 aromatic carbocycles. The number of phenols is 1. The summed E-state index contributed by atoms with van der Waals surface area (Å²) in [5, 5.41) is 13.5. The standard InChI is InChI=1S/C26H26ClNO3.C4H8O2/c1-26(2,3)31-25(30)28-15-14-19(16-17-8-11-20(27)12-9-17)24(28)23-21-7-5-4-6-18(21)10-13-22(23)29;1-3-6-4(2)5/h4-13,16,24,29H,14-15H2,1-3H3;3H2,1-2H3/b19-16+;/t24-;/m1./s1. The van der Waals surface area contributed by atoms with Gasteiger partial charge in [0.15, 0.2) is 0 Å². The minimum atomic E-state index is -0.606. The van der Waals surface area contributed by atoms with E-state index >= 15 is 0 Å². The van der Waals surface area contributed by atoms with Crippen molar-refractivity contribution in [3.05, 3.63) is 82.4 Å². The molecule has 1 saturated heterocycles. The predicted molar refractivity (Wildman–Crippen MR) is 148 cm³/mol. The van der Waals surface area contributed by atoms with Crippen LogP contribution in [0.15, 0.2) is 66.2 Å². The number of hydrogen-bond acceptors (Lipinski definition) is 5. The fourth-order valence-electron chi connectivity index (χ4n) is 4.27. The molecule has 1 aliphatic heterocycles. The molecular weight excluding hydrogens is 490 g/mol. The molecule has 0 saturated carbocycles. The third-order valence-electron chi connectivity index (χ3n) is 5.72. The Morgan fingerprint density at radius 1 is 1.08 bits per heavy atom. The van der Waals surface area contributed by atoms with Crippen molar-refractivity contribution in [3.63, 3.8) is 0 Å². The predicted octanol–water partition coefficient (Wildman–Crippen LogP) is 7.53. The van der Waals surface area contributed by atoms with E-state index in [1.165, 1.54) is 6.92 Å². The van der Waals surface area contributed by atoms with Crippen molar-refractivity contribution in [1.29, 1.82) is 0 Å². The number of hydrogen-bond donors (Lipinski definition) is 1. The number of rotatable bonds is 3. The van der Waals surface area contributed by atoms with Crippen LogP contribution in [-0.4, -0.2) is 40.8 Å². The highest BCUT2D eigenvalue weighted by Gasteiger charge is 2.38. The number of phenolic OH excluding ortho intramolecular Hbond substituents is 1. The zero-order valence-corrected chi connectivity index (χ0v) is 22.7. The first-order valence-electron chi connectivity index (χ1n) is 12.3. The van der Waals surface area contributed by atoms with Gasteiger partial charge in [0.05, 0.1) is 12.6 Å². The van der Waals surface area contributed by atoms with Crippen molar-refractivity contribution < 1.29 is 24.2 Å². The van der Waals surface area contributed by atoms with Gasteiger partial charge in [0, 0.05) is 24.1 Å². The van der Waals surface area contributed by atoms with Gasteiger partial charge in [-0.15, -0.1) is 0 Å². The summed E-state index contributed by atoms with van der Waals surface area (Å²) < 4.78 is 10.1. The largest absolute Gasteiger partial charge is 0.508 e. The number of halogens is 1. The molecule has 0 bridgehead atoms. The topological polar surface area (TPSA) is 76.1 Å². The first kappa shape index (κ1) is 28.1. The molecule has 0 aliphatic carbocycles. The summed E-state index contributed by atoms with van der Waals surface area (Å²) in [4.78, 5) is 24.7. The molecule has 1 amide bonds. The highest BCUT2D eigenvalue weighted by atomic mass is 35.5. The minimum Gasteiger partial charge on any atom is -0.508 e. The number of ether oxygens (including phenoxy) is 2. The molecule has 3 aromatic rings. The van der Waals surface area contributed by atoms with Crippen LogP contribution >= 0.6 is 11.6 Å². The van der Waals surface area contributed by atoms with Gasteiger partial charge in [-0.3, -0.25) is 9.69 Å². The third-order valence-corrected chi connectivity index (χ3v) is 5.98. The number of nitrogens with zero attached hydrogens (tertiary/aromatic N) is 1. The second-order valence-electron chi connectivity index (χ2n) is 9.74. The molecule has 1 atom stereocenters. The fourth-order valence-corrected chi connectivity index (χ4v) is 4.40. The fraction of sp³-hybridized carbons (Fsp3) is 0.333. The maximum absolute atomic E-state index is 13.1. The van der Waals surface area contributed by atoms with Crippen LogP contribution in [0.5, 0.6) is 5.75 Å². The zero-order chi connectivity index (χ0) is 27.2. The first-order valence-corrected chi connectivity index (χ1v) is 12.7. The number of benzene rings is 3. The molecule has 4 rings (SSSR count). The number of carbonyl (C=O) groups excluding carboxylic acids is 2. The molecule has 6 nitrogen and oxygen atoms in total. The van der Waals surface area contributed by atoms with Crippen LogP contribution in [0.3, 0.4) is 0 Å². The first-order chi connectivity index (χ1) is 17.5. The molecule has 0 aromatic heterocycles. The smallest absolute Gasteiger partial charge is 0.411 e.